The molecule has 1 saturated heterocycles. The molecule has 4 rings (SSSR count). The molecule has 33 heavy (non-hydrogen) atoms. The van der Waals surface area contributed by atoms with E-state index in [4.69, 9.17) is 13.9 Å². The van der Waals surface area contributed by atoms with Crippen molar-refractivity contribution in [2.45, 2.75) is 51.9 Å². The van der Waals surface area contributed by atoms with Crippen LogP contribution in [0.15, 0.2) is 71.1 Å². The summed E-state index contributed by atoms with van der Waals surface area (Å²) in [6.45, 7) is 6.16. The molecule has 0 radical (unpaired) electrons. The molecule has 1 atom stereocenters. The number of benzene rings is 2. The zero-order valence-electron chi connectivity index (χ0n) is 19.2. The van der Waals surface area contributed by atoms with Crippen molar-refractivity contribution in [2.75, 3.05) is 6.54 Å². The summed E-state index contributed by atoms with van der Waals surface area (Å²) in [4.78, 5) is 27.0. The van der Waals surface area contributed by atoms with E-state index in [0.29, 0.717) is 24.5 Å². The fourth-order valence-electron chi connectivity index (χ4n) is 3.87. The standard InChI is InChI=1S/C27H29NO5/c1-27(2,3)33-26(30)23-10-7-17-28(23)25(29)24-16-15-22(32-24)18-31-21-13-11-20(12-14-21)19-8-5-4-6-9-19/h4-6,8-9,11-16,23H,7,10,17-18H2,1-3H3/t23-/m1/s1. The number of amides is 1. The first kappa shape index (κ1) is 22.6. The molecule has 1 aliphatic rings. The fourth-order valence-corrected chi connectivity index (χ4v) is 3.87. The zero-order chi connectivity index (χ0) is 23.4. The Morgan fingerprint density at radius 1 is 0.970 bits per heavy atom. The van der Waals surface area contributed by atoms with Crippen molar-refractivity contribution < 1.29 is 23.5 Å². The van der Waals surface area contributed by atoms with Crippen LogP contribution >= 0.6 is 0 Å². The molecule has 6 heteroatoms. The van der Waals surface area contributed by atoms with Gasteiger partial charge >= 0.3 is 5.97 Å². The van der Waals surface area contributed by atoms with Crippen LogP contribution in [0, 0.1) is 0 Å². The van der Waals surface area contributed by atoms with Crippen molar-refractivity contribution in [1.29, 1.82) is 0 Å². The molecule has 1 fully saturated rings. The van der Waals surface area contributed by atoms with E-state index >= 15 is 0 Å². The van der Waals surface area contributed by atoms with Gasteiger partial charge in [-0.2, -0.15) is 0 Å². The summed E-state index contributed by atoms with van der Waals surface area (Å²) in [7, 11) is 0. The number of hydrogen-bond donors (Lipinski definition) is 0. The molecule has 2 heterocycles. The van der Waals surface area contributed by atoms with Gasteiger partial charge in [0.15, 0.2) is 5.76 Å². The molecular formula is C27H29NO5. The van der Waals surface area contributed by atoms with Gasteiger partial charge in [-0.1, -0.05) is 42.5 Å². The third-order valence-corrected chi connectivity index (χ3v) is 5.41. The Kier molecular flexibility index (Phi) is 6.54. The van der Waals surface area contributed by atoms with Gasteiger partial charge in [0.25, 0.3) is 5.91 Å². The second-order valence-corrected chi connectivity index (χ2v) is 9.14. The summed E-state index contributed by atoms with van der Waals surface area (Å²) in [5, 5.41) is 0. The highest BCUT2D eigenvalue weighted by Crippen LogP contribution is 2.25. The van der Waals surface area contributed by atoms with Crippen molar-refractivity contribution >= 4 is 11.9 Å². The highest BCUT2D eigenvalue weighted by Gasteiger charge is 2.38. The minimum Gasteiger partial charge on any atom is -0.486 e. The average molecular weight is 448 g/mol. The van der Waals surface area contributed by atoms with Crippen molar-refractivity contribution in [1.82, 2.24) is 4.90 Å². The van der Waals surface area contributed by atoms with Gasteiger partial charge in [0, 0.05) is 6.54 Å². The Morgan fingerprint density at radius 3 is 2.36 bits per heavy atom. The zero-order valence-corrected chi connectivity index (χ0v) is 19.2. The van der Waals surface area contributed by atoms with Crippen LogP contribution in [-0.2, 0) is 16.1 Å². The van der Waals surface area contributed by atoms with E-state index in [1.165, 1.54) is 0 Å². The van der Waals surface area contributed by atoms with Crippen LogP contribution in [0.3, 0.4) is 0 Å². The van der Waals surface area contributed by atoms with Crippen LogP contribution in [0.5, 0.6) is 5.75 Å². The molecule has 172 valence electrons. The van der Waals surface area contributed by atoms with Crippen LogP contribution in [0.25, 0.3) is 11.1 Å². The maximum Gasteiger partial charge on any atom is 0.329 e. The Bertz CT molecular complexity index is 1100. The Morgan fingerprint density at radius 2 is 1.67 bits per heavy atom. The number of esters is 1. The number of ether oxygens (including phenoxy) is 2. The summed E-state index contributed by atoms with van der Waals surface area (Å²) in [6.07, 6.45) is 1.35. The van der Waals surface area contributed by atoms with E-state index in [1.807, 2.05) is 63.2 Å². The van der Waals surface area contributed by atoms with Crippen molar-refractivity contribution in [3.63, 3.8) is 0 Å². The fraction of sp³-hybridized carbons (Fsp3) is 0.333. The van der Waals surface area contributed by atoms with Crippen molar-refractivity contribution in [3.8, 4) is 16.9 Å². The molecule has 3 aromatic rings. The lowest BCUT2D eigenvalue weighted by molar-refractivity contribution is -0.159. The van der Waals surface area contributed by atoms with Gasteiger partial charge in [0.05, 0.1) is 0 Å². The first-order valence-corrected chi connectivity index (χ1v) is 11.2. The number of carbonyl (C=O) groups is 2. The Labute approximate surface area is 194 Å². The lowest BCUT2D eigenvalue weighted by atomic mass is 10.1. The van der Waals surface area contributed by atoms with Crippen molar-refractivity contribution in [3.05, 3.63) is 78.3 Å². The topological polar surface area (TPSA) is 69.0 Å². The summed E-state index contributed by atoms with van der Waals surface area (Å²) < 4.78 is 17.0. The average Bonchev–Trinajstić information content (AvgIpc) is 3.47. The summed E-state index contributed by atoms with van der Waals surface area (Å²) >= 11 is 0. The van der Waals surface area contributed by atoms with Gasteiger partial charge in [-0.15, -0.1) is 0 Å². The molecule has 2 aromatic carbocycles. The van der Waals surface area contributed by atoms with Crippen molar-refractivity contribution in [2.24, 2.45) is 0 Å². The molecule has 1 amide bonds. The molecule has 0 saturated carbocycles. The predicted octanol–water partition coefficient (Wildman–Crippen LogP) is 5.47. The van der Waals surface area contributed by atoms with Gasteiger partial charge < -0.3 is 18.8 Å². The Balaban J connectivity index is 1.36. The quantitative estimate of drug-likeness (QED) is 0.469. The van der Waals surface area contributed by atoms with Gasteiger partial charge in [0.1, 0.15) is 29.8 Å². The van der Waals surface area contributed by atoms with Crippen LogP contribution in [0.4, 0.5) is 0 Å². The van der Waals surface area contributed by atoms with Crippen LogP contribution in [0.1, 0.15) is 49.9 Å². The normalized spacial score (nSPS) is 16.0. The second kappa shape index (κ2) is 9.53. The minimum atomic E-state index is -0.594. The molecule has 0 N–H and O–H groups in total. The predicted molar refractivity (Wildman–Crippen MR) is 125 cm³/mol. The number of nitrogens with zero attached hydrogens (tertiary/aromatic N) is 1. The highest BCUT2D eigenvalue weighted by molar-refractivity contribution is 5.95. The first-order valence-electron chi connectivity index (χ1n) is 11.2. The molecule has 0 aliphatic carbocycles. The van der Waals surface area contributed by atoms with E-state index in [0.717, 1.165) is 17.5 Å². The van der Waals surface area contributed by atoms with Gasteiger partial charge in [-0.3, -0.25) is 4.79 Å². The third kappa shape index (κ3) is 5.64. The summed E-state index contributed by atoms with van der Waals surface area (Å²) in [5.41, 5.74) is 1.66. The maximum atomic E-state index is 13.0. The van der Waals surface area contributed by atoms with E-state index in [2.05, 4.69) is 12.1 Å². The molecule has 0 spiro atoms. The number of carbonyl (C=O) groups excluding carboxylic acids is 2. The highest BCUT2D eigenvalue weighted by atomic mass is 16.6. The summed E-state index contributed by atoms with van der Waals surface area (Å²) in [6, 6.07) is 20.7. The van der Waals surface area contributed by atoms with E-state index in [-0.39, 0.29) is 24.2 Å². The summed E-state index contributed by atoms with van der Waals surface area (Å²) in [5.74, 6) is 0.773. The number of likely N-dealkylation sites (tertiary alicyclic amines) is 1. The lowest BCUT2D eigenvalue weighted by Crippen LogP contribution is -2.43. The molecule has 1 aliphatic heterocycles. The van der Waals surface area contributed by atoms with Crippen LogP contribution in [-0.4, -0.2) is 35.0 Å². The van der Waals surface area contributed by atoms with Gasteiger partial charge in [-0.25, -0.2) is 4.79 Å². The number of furan rings is 1. The van der Waals surface area contributed by atoms with E-state index in [9.17, 15) is 9.59 Å². The van der Waals surface area contributed by atoms with Crippen LogP contribution < -0.4 is 4.74 Å². The SMILES string of the molecule is CC(C)(C)OC(=O)[C@H]1CCCN1C(=O)c1ccc(COc2ccc(-c3ccccc3)cc2)o1. The monoisotopic (exact) mass is 447 g/mol. The van der Waals surface area contributed by atoms with E-state index < -0.39 is 11.6 Å². The van der Waals surface area contributed by atoms with Gasteiger partial charge in [-0.05, 0) is 69.0 Å². The third-order valence-electron chi connectivity index (χ3n) is 5.41. The number of hydrogen-bond acceptors (Lipinski definition) is 5. The second-order valence-electron chi connectivity index (χ2n) is 9.14. The number of rotatable bonds is 6. The minimum absolute atomic E-state index is 0.198. The molecule has 6 nitrogen and oxygen atoms in total. The van der Waals surface area contributed by atoms with Crippen LogP contribution in [0.2, 0.25) is 0 Å². The van der Waals surface area contributed by atoms with Gasteiger partial charge in [0.2, 0.25) is 0 Å². The molecular weight excluding hydrogens is 418 g/mol. The molecule has 0 bridgehead atoms. The lowest BCUT2D eigenvalue weighted by Gasteiger charge is -2.26. The Hall–Kier alpha value is -3.54. The molecule has 0 unspecified atom stereocenters. The maximum absolute atomic E-state index is 13.0. The van der Waals surface area contributed by atoms with E-state index in [1.54, 1.807) is 17.0 Å². The smallest absolute Gasteiger partial charge is 0.329 e. The first-order chi connectivity index (χ1) is 15.8. The largest absolute Gasteiger partial charge is 0.486 e. The molecule has 1 aromatic heterocycles.